The molecule has 1 aromatic rings. The molecule has 0 bridgehead atoms. The third-order valence-electron chi connectivity index (χ3n) is 5.07. The van der Waals surface area contributed by atoms with Crippen molar-refractivity contribution in [1.29, 1.82) is 0 Å². The van der Waals surface area contributed by atoms with Gasteiger partial charge in [0.15, 0.2) is 5.96 Å². The Bertz CT molecular complexity index is 525. The minimum absolute atomic E-state index is 0.567. The summed E-state index contributed by atoms with van der Waals surface area (Å²) in [4.78, 5) is 7.44. The Hall–Kier alpha value is -1.55. The van der Waals surface area contributed by atoms with Gasteiger partial charge in [0.05, 0.1) is 0 Å². The largest absolute Gasteiger partial charge is 0.357 e. The first kappa shape index (κ1) is 17.3. The molecule has 0 aromatic heterocycles. The molecule has 2 fully saturated rings. The van der Waals surface area contributed by atoms with Crippen molar-refractivity contribution in [3.63, 3.8) is 0 Å². The molecule has 0 radical (unpaired) electrons. The number of rotatable bonds is 6. The summed E-state index contributed by atoms with van der Waals surface area (Å²) in [5.74, 6) is 0.981. The van der Waals surface area contributed by atoms with E-state index < -0.39 is 0 Å². The number of piperidine rings is 1. The van der Waals surface area contributed by atoms with Gasteiger partial charge in [-0.05, 0) is 51.5 Å². The lowest BCUT2D eigenvalue weighted by Crippen LogP contribution is -2.49. The molecule has 0 spiro atoms. The van der Waals surface area contributed by atoms with Crippen LogP contribution in [0.3, 0.4) is 0 Å². The second-order valence-electron chi connectivity index (χ2n) is 7.18. The Labute approximate surface area is 146 Å². The second kappa shape index (κ2) is 8.52. The normalized spacial score (nSPS) is 20.2. The molecule has 1 saturated heterocycles. The fourth-order valence-electron chi connectivity index (χ4n) is 3.41. The third-order valence-corrected chi connectivity index (χ3v) is 5.07. The first-order chi connectivity index (χ1) is 11.7. The highest BCUT2D eigenvalue weighted by molar-refractivity contribution is 5.80. The van der Waals surface area contributed by atoms with Gasteiger partial charge in [0.25, 0.3) is 0 Å². The lowest BCUT2D eigenvalue weighted by Gasteiger charge is -2.33. The number of aryl methyl sites for hydroxylation is 1. The van der Waals surface area contributed by atoms with Crippen LogP contribution in [0.1, 0.15) is 43.7 Å². The Morgan fingerprint density at radius 3 is 2.46 bits per heavy atom. The Morgan fingerprint density at radius 1 is 1.12 bits per heavy atom. The average molecular weight is 329 g/mol. The van der Waals surface area contributed by atoms with Crippen LogP contribution in [0.25, 0.3) is 0 Å². The van der Waals surface area contributed by atoms with Gasteiger partial charge in [-0.25, -0.2) is 0 Å². The number of nitrogens with zero attached hydrogens (tertiary/aromatic N) is 2. The predicted molar refractivity (Wildman–Crippen MR) is 102 cm³/mol. The molecule has 1 heterocycles. The van der Waals surface area contributed by atoms with E-state index in [2.05, 4.69) is 53.6 Å². The molecule has 2 aliphatic rings. The Kier molecular flexibility index (Phi) is 6.13. The number of benzene rings is 1. The van der Waals surface area contributed by atoms with E-state index in [1.165, 1.54) is 49.9 Å². The van der Waals surface area contributed by atoms with Crippen molar-refractivity contribution >= 4 is 5.96 Å². The maximum atomic E-state index is 4.77. The lowest BCUT2D eigenvalue weighted by atomic mass is 10.1. The number of likely N-dealkylation sites (tertiary alicyclic amines) is 1. The summed E-state index contributed by atoms with van der Waals surface area (Å²) >= 11 is 0. The number of aliphatic imine (C=N–C) groups is 1. The fourth-order valence-corrected chi connectivity index (χ4v) is 3.41. The molecule has 0 unspecified atom stereocenters. The molecular weight excluding hydrogens is 296 g/mol. The SMILES string of the molecule is CCNC(=NCCc1ccc(C)cc1)NC1CCN(C2CC2)CC1. The summed E-state index contributed by atoms with van der Waals surface area (Å²) in [6.07, 6.45) is 6.30. The molecule has 1 aliphatic heterocycles. The molecule has 4 heteroatoms. The van der Waals surface area contributed by atoms with E-state index in [9.17, 15) is 0 Å². The summed E-state index contributed by atoms with van der Waals surface area (Å²) in [6, 6.07) is 10.2. The van der Waals surface area contributed by atoms with Crippen LogP contribution in [0.2, 0.25) is 0 Å². The highest BCUT2D eigenvalue weighted by atomic mass is 15.2. The maximum absolute atomic E-state index is 4.77. The summed E-state index contributed by atoms with van der Waals surface area (Å²) in [5.41, 5.74) is 2.67. The van der Waals surface area contributed by atoms with Crippen molar-refractivity contribution in [1.82, 2.24) is 15.5 Å². The Balaban J connectivity index is 1.45. The molecule has 0 atom stereocenters. The van der Waals surface area contributed by atoms with Crippen LogP contribution in [-0.2, 0) is 6.42 Å². The molecule has 3 rings (SSSR count). The van der Waals surface area contributed by atoms with Crippen molar-refractivity contribution in [2.45, 2.75) is 58.0 Å². The minimum atomic E-state index is 0.567. The quantitative estimate of drug-likeness (QED) is 0.623. The highest BCUT2D eigenvalue weighted by Crippen LogP contribution is 2.29. The van der Waals surface area contributed by atoms with E-state index in [-0.39, 0.29) is 0 Å². The van der Waals surface area contributed by atoms with Gasteiger partial charge in [-0.3, -0.25) is 4.99 Å². The summed E-state index contributed by atoms with van der Waals surface area (Å²) in [7, 11) is 0. The minimum Gasteiger partial charge on any atom is -0.357 e. The topological polar surface area (TPSA) is 39.7 Å². The van der Waals surface area contributed by atoms with Gasteiger partial charge in [0.2, 0.25) is 0 Å². The van der Waals surface area contributed by atoms with Crippen LogP contribution in [0.15, 0.2) is 29.3 Å². The van der Waals surface area contributed by atoms with Gasteiger partial charge in [-0.1, -0.05) is 29.8 Å². The van der Waals surface area contributed by atoms with E-state index in [1.54, 1.807) is 0 Å². The van der Waals surface area contributed by atoms with Gasteiger partial charge in [-0.15, -0.1) is 0 Å². The third kappa shape index (κ3) is 5.23. The molecule has 0 amide bonds. The predicted octanol–water partition coefficient (Wildman–Crippen LogP) is 2.72. The van der Waals surface area contributed by atoms with Crippen molar-refractivity contribution < 1.29 is 0 Å². The smallest absolute Gasteiger partial charge is 0.191 e. The van der Waals surface area contributed by atoms with Crippen molar-refractivity contribution in [3.8, 4) is 0 Å². The van der Waals surface area contributed by atoms with Crippen molar-refractivity contribution in [3.05, 3.63) is 35.4 Å². The van der Waals surface area contributed by atoms with E-state index >= 15 is 0 Å². The molecule has 24 heavy (non-hydrogen) atoms. The molecule has 2 N–H and O–H groups in total. The van der Waals surface area contributed by atoms with Crippen molar-refractivity contribution in [2.75, 3.05) is 26.2 Å². The molecule has 1 aromatic carbocycles. The maximum Gasteiger partial charge on any atom is 0.191 e. The monoisotopic (exact) mass is 328 g/mol. The zero-order valence-electron chi connectivity index (χ0n) is 15.2. The van der Waals surface area contributed by atoms with Crippen LogP contribution in [-0.4, -0.2) is 49.1 Å². The van der Waals surface area contributed by atoms with Crippen LogP contribution >= 0.6 is 0 Å². The van der Waals surface area contributed by atoms with Gasteiger partial charge >= 0.3 is 0 Å². The first-order valence-electron chi connectivity index (χ1n) is 9.59. The van der Waals surface area contributed by atoms with Crippen molar-refractivity contribution in [2.24, 2.45) is 4.99 Å². The highest BCUT2D eigenvalue weighted by Gasteiger charge is 2.31. The lowest BCUT2D eigenvalue weighted by molar-refractivity contribution is 0.197. The molecule has 1 aliphatic carbocycles. The van der Waals surface area contributed by atoms with Crippen LogP contribution < -0.4 is 10.6 Å². The molecule has 132 valence electrons. The second-order valence-corrected chi connectivity index (χ2v) is 7.18. The van der Waals surface area contributed by atoms with E-state index in [4.69, 9.17) is 4.99 Å². The van der Waals surface area contributed by atoms with Crippen LogP contribution in [0, 0.1) is 6.92 Å². The summed E-state index contributed by atoms with van der Waals surface area (Å²) in [6.45, 7) is 8.49. The zero-order chi connectivity index (χ0) is 16.8. The number of hydrogen-bond acceptors (Lipinski definition) is 2. The van der Waals surface area contributed by atoms with Gasteiger partial charge < -0.3 is 15.5 Å². The fraction of sp³-hybridized carbons (Fsp3) is 0.650. The molecule has 1 saturated carbocycles. The molecule has 4 nitrogen and oxygen atoms in total. The van der Waals surface area contributed by atoms with E-state index in [0.29, 0.717) is 6.04 Å². The number of hydrogen-bond donors (Lipinski definition) is 2. The zero-order valence-corrected chi connectivity index (χ0v) is 15.2. The van der Waals surface area contributed by atoms with Gasteiger partial charge in [0.1, 0.15) is 0 Å². The number of nitrogens with one attached hydrogen (secondary N) is 2. The summed E-state index contributed by atoms with van der Waals surface area (Å²) in [5, 5.41) is 7.04. The number of guanidine groups is 1. The Morgan fingerprint density at radius 2 is 1.83 bits per heavy atom. The van der Waals surface area contributed by atoms with E-state index in [1.807, 2.05) is 0 Å². The standard InChI is InChI=1S/C20H32N4/c1-3-21-20(22-13-10-17-6-4-16(2)5-7-17)23-18-11-14-24(15-12-18)19-8-9-19/h4-7,18-19H,3,8-15H2,1-2H3,(H2,21,22,23). The molecular formula is C20H32N4. The first-order valence-corrected chi connectivity index (χ1v) is 9.59. The van der Waals surface area contributed by atoms with Crippen LogP contribution in [0.4, 0.5) is 0 Å². The average Bonchev–Trinajstić information content (AvgIpc) is 3.42. The van der Waals surface area contributed by atoms with Crippen LogP contribution in [0.5, 0.6) is 0 Å². The van der Waals surface area contributed by atoms with Gasteiger partial charge in [-0.2, -0.15) is 0 Å². The summed E-state index contributed by atoms with van der Waals surface area (Å²) < 4.78 is 0. The van der Waals surface area contributed by atoms with E-state index in [0.717, 1.165) is 31.5 Å². The van der Waals surface area contributed by atoms with Gasteiger partial charge in [0, 0.05) is 38.3 Å².